The summed E-state index contributed by atoms with van der Waals surface area (Å²) in [6, 6.07) is 6.37. The van der Waals surface area contributed by atoms with Gasteiger partial charge in [-0.1, -0.05) is 34.5 Å². The number of hydrogen-bond acceptors (Lipinski definition) is 4. The van der Waals surface area contributed by atoms with E-state index in [0.29, 0.717) is 11.4 Å². The molecule has 0 bridgehead atoms. The Labute approximate surface area is 125 Å². The third kappa shape index (κ3) is 3.86. The molecule has 1 aromatic heterocycles. The molecule has 1 heterocycles. The summed E-state index contributed by atoms with van der Waals surface area (Å²) in [5, 5.41) is 16.1. The first-order chi connectivity index (χ1) is 9.70. The lowest BCUT2D eigenvalue weighted by atomic mass is 10.2. The van der Waals surface area contributed by atoms with E-state index in [2.05, 4.69) is 26.0 Å². The first kappa shape index (κ1) is 14.6. The Morgan fingerprint density at radius 2 is 2.15 bits per heavy atom. The van der Waals surface area contributed by atoms with Crippen LogP contribution in [0.5, 0.6) is 0 Å². The van der Waals surface area contributed by atoms with E-state index in [1.807, 2.05) is 0 Å². The summed E-state index contributed by atoms with van der Waals surface area (Å²) in [5.41, 5.74) is 0.717. The number of benzene rings is 1. The number of rotatable bonds is 7. The predicted octanol–water partition coefficient (Wildman–Crippen LogP) is 3.42. The minimum absolute atomic E-state index is 0.0520. The van der Waals surface area contributed by atoms with Crippen molar-refractivity contribution in [3.8, 4) is 11.4 Å². The Morgan fingerprint density at radius 1 is 1.30 bits per heavy atom. The first-order valence-electron chi connectivity index (χ1n) is 6.41. The van der Waals surface area contributed by atoms with Gasteiger partial charge in [-0.25, -0.2) is 4.98 Å². The number of hydrogen-bond donors (Lipinski definition) is 0. The van der Waals surface area contributed by atoms with Crippen LogP contribution in [0.3, 0.4) is 0 Å². The van der Waals surface area contributed by atoms with Crippen LogP contribution in [-0.4, -0.2) is 25.0 Å². The first-order valence-corrected chi connectivity index (χ1v) is 7.53. The van der Waals surface area contributed by atoms with Crippen molar-refractivity contribution in [1.82, 2.24) is 14.8 Å². The van der Waals surface area contributed by atoms with Gasteiger partial charge in [0, 0.05) is 29.6 Å². The molecule has 106 valence electrons. The van der Waals surface area contributed by atoms with Crippen LogP contribution < -0.4 is 0 Å². The molecule has 1 aromatic carbocycles. The van der Waals surface area contributed by atoms with Gasteiger partial charge in [-0.15, -0.1) is 0 Å². The number of nitro groups is 1. The fraction of sp³-hybridized carbons (Fsp3) is 0.385. The van der Waals surface area contributed by atoms with E-state index in [9.17, 15) is 10.1 Å². The van der Waals surface area contributed by atoms with Crippen LogP contribution in [-0.2, 0) is 6.54 Å². The van der Waals surface area contributed by atoms with E-state index >= 15 is 0 Å². The molecule has 2 aromatic rings. The van der Waals surface area contributed by atoms with Gasteiger partial charge >= 0.3 is 0 Å². The van der Waals surface area contributed by atoms with Crippen molar-refractivity contribution in [2.45, 2.75) is 25.8 Å². The molecular formula is C13H15BrN4O2. The predicted molar refractivity (Wildman–Crippen MR) is 79.8 cm³/mol. The average Bonchev–Trinajstić information content (AvgIpc) is 2.92. The number of halogens is 1. The molecule has 0 unspecified atom stereocenters. The molecule has 0 fully saturated rings. The Bertz CT molecular complexity index is 585. The van der Waals surface area contributed by atoms with E-state index in [0.717, 1.165) is 31.1 Å². The molecule has 0 radical (unpaired) electrons. The lowest BCUT2D eigenvalue weighted by Gasteiger charge is -1.99. The highest BCUT2D eigenvalue weighted by molar-refractivity contribution is 9.09. The third-order valence-corrected chi connectivity index (χ3v) is 3.43. The zero-order chi connectivity index (χ0) is 14.4. The van der Waals surface area contributed by atoms with Crippen molar-refractivity contribution in [2.75, 3.05) is 5.33 Å². The third-order valence-electron chi connectivity index (χ3n) is 2.87. The molecule has 0 saturated carbocycles. The van der Waals surface area contributed by atoms with E-state index in [1.165, 1.54) is 12.1 Å². The zero-order valence-electron chi connectivity index (χ0n) is 10.9. The minimum Gasteiger partial charge on any atom is -0.258 e. The van der Waals surface area contributed by atoms with Gasteiger partial charge < -0.3 is 0 Å². The minimum atomic E-state index is -0.416. The van der Waals surface area contributed by atoms with E-state index in [1.54, 1.807) is 23.1 Å². The highest BCUT2D eigenvalue weighted by atomic mass is 79.9. The van der Waals surface area contributed by atoms with Crippen molar-refractivity contribution < 1.29 is 4.92 Å². The summed E-state index contributed by atoms with van der Waals surface area (Å²) in [4.78, 5) is 14.5. The van der Waals surface area contributed by atoms with Gasteiger partial charge in [-0.05, 0) is 12.8 Å². The zero-order valence-corrected chi connectivity index (χ0v) is 12.5. The van der Waals surface area contributed by atoms with Gasteiger partial charge in [-0.3, -0.25) is 14.8 Å². The molecule has 20 heavy (non-hydrogen) atoms. The van der Waals surface area contributed by atoms with Crippen molar-refractivity contribution in [2.24, 2.45) is 0 Å². The maximum atomic E-state index is 10.7. The molecule has 0 aliphatic rings. The number of aryl methyl sites for hydroxylation is 1. The van der Waals surface area contributed by atoms with Crippen LogP contribution in [0.15, 0.2) is 30.6 Å². The van der Waals surface area contributed by atoms with Crippen LogP contribution in [0, 0.1) is 10.1 Å². The molecule has 0 aliphatic heterocycles. The number of nitro benzene ring substituents is 1. The standard InChI is InChI=1S/C13H15BrN4O2/c14-7-2-1-3-8-17-10-15-13(16-17)11-5-4-6-12(9-11)18(19)20/h4-6,9-10H,1-3,7-8H2. The monoisotopic (exact) mass is 338 g/mol. The lowest BCUT2D eigenvalue weighted by molar-refractivity contribution is -0.384. The molecule has 0 atom stereocenters. The van der Waals surface area contributed by atoms with Crippen molar-refractivity contribution >= 4 is 21.6 Å². The number of unbranched alkanes of at least 4 members (excludes halogenated alkanes) is 2. The van der Waals surface area contributed by atoms with Crippen LogP contribution in [0.4, 0.5) is 5.69 Å². The Hall–Kier alpha value is -1.76. The number of nitrogens with zero attached hydrogens (tertiary/aromatic N) is 4. The van der Waals surface area contributed by atoms with E-state index in [4.69, 9.17) is 0 Å². The topological polar surface area (TPSA) is 73.8 Å². The van der Waals surface area contributed by atoms with Crippen molar-refractivity contribution in [3.63, 3.8) is 0 Å². The Balaban J connectivity index is 2.04. The molecule has 0 spiro atoms. The van der Waals surface area contributed by atoms with Crippen LogP contribution in [0.1, 0.15) is 19.3 Å². The molecule has 2 rings (SSSR count). The van der Waals surface area contributed by atoms with E-state index in [-0.39, 0.29) is 5.69 Å². The molecule has 0 amide bonds. The average molecular weight is 339 g/mol. The fourth-order valence-electron chi connectivity index (χ4n) is 1.84. The normalized spacial score (nSPS) is 10.7. The van der Waals surface area contributed by atoms with E-state index < -0.39 is 4.92 Å². The summed E-state index contributed by atoms with van der Waals surface area (Å²) in [5.74, 6) is 0.522. The van der Waals surface area contributed by atoms with Gasteiger partial charge in [0.2, 0.25) is 0 Å². The SMILES string of the molecule is O=[N+]([O-])c1cccc(-c2ncn(CCCCCBr)n2)c1. The van der Waals surface area contributed by atoms with Gasteiger partial charge in [0.1, 0.15) is 6.33 Å². The second-order valence-electron chi connectivity index (χ2n) is 4.39. The van der Waals surface area contributed by atoms with Crippen LogP contribution in [0.25, 0.3) is 11.4 Å². The molecule has 7 heteroatoms. The Kier molecular flexibility index (Phi) is 5.23. The van der Waals surface area contributed by atoms with Crippen molar-refractivity contribution in [1.29, 1.82) is 0 Å². The molecule has 0 saturated heterocycles. The summed E-state index contributed by atoms with van der Waals surface area (Å²) in [7, 11) is 0. The summed E-state index contributed by atoms with van der Waals surface area (Å²) >= 11 is 3.40. The highest BCUT2D eigenvalue weighted by Gasteiger charge is 2.10. The maximum absolute atomic E-state index is 10.7. The van der Waals surface area contributed by atoms with Crippen molar-refractivity contribution in [3.05, 3.63) is 40.7 Å². The molecule has 6 nitrogen and oxygen atoms in total. The summed E-state index contributed by atoms with van der Waals surface area (Å²) in [6.07, 6.45) is 5.00. The van der Waals surface area contributed by atoms with Crippen LogP contribution >= 0.6 is 15.9 Å². The lowest BCUT2D eigenvalue weighted by Crippen LogP contribution is -1.99. The number of non-ortho nitro benzene ring substituents is 1. The maximum Gasteiger partial charge on any atom is 0.270 e. The smallest absolute Gasteiger partial charge is 0.258 e. The number of aromatic nitrogens is 3. The van der Waals surface area contributed by atoms with Gasteiger partial charge in [0.05, 0.1) is 4.92 Å². The number of alkyl halides is 1. The summed E-state index contributed by atoms with van der Waals surface area (Å²) < 4.78 is 1.78. The van der Waals surface area contributed by atoms with Crippen LogP contribution in [0.2, 0.25) is 0 Å². The largest absolute Gasteiger partial charge is 0.270 e. The van der Waals surface area contributed by atoms with Gasteiger partial charge in [0.25, 0.3) is 5.69 Å². The second-order valence-corrected chi connectivity index (χ2v) is 5.18. The van der Waals surface area contributed by atoms with Gasteiger partial charge in [-0.2, -0.15) is 5.10 Å². The second kappa shape index (κ2) is 7.14. The Morgan fingerprint density at radius 3 is 2.90 bits per heavy atom. The van der Waals surface area contributed by atoms with Gasteiger partial charge in [0.15, 0.2) is 5.82 Å². The molecule has 0 N–H and O–H groups in total. The summed E-state index contributed by atoms with van der Waals surface area (Å²) in [6.45, 7) is 0.814. The molecule has 0 aliphatic carbocycles. The quantitative estimate of drug-likeness (QED) is 0.335. The highest BCUT2D eigenvalue weighted by Crippen LogP contribution is 2.20. The fourth-order valence-corrected chi connectivity index (χ4v) is 2.23. The molecular weight excluding hydrogens is 324 g/mol.